The fraction of sp³-hybridized carbons (Fsp3) is 0.650. The highest BCUT2D eigenvalue weighted by atomic mass is 35.5. The van der Waals surface area contributed by atoms with Crippen molar-refractivity contribution < 1.29 is 9.18 Å². The van der Waals surface area contributed by atoms with Gasteiger partial charge in [0.15, 0.2) is 0 Å². The van der Waals surface area contributed by atoms with E-state index in [1.165, 1.54) is 31.4 Å². The first-order valence-corrected chi connectivity index (χ1v) is 9.61. The summed E-state index contributed by atoms with van der Waals surface area (Å²) in [6.45, 7) is 9.28. The van der Waals surface area contributed by atoms with Crippen molar-refractivity contribution in [3.8, 4) is 0 Å². The monoisotopic (exact) mass is 385 g/mol. The first-order chi connectivity index (χ1) is 12.1. The Morgan fingerprint density at radius 2 is 1.92 bits per heavy atom. The lowest BCUT2D eigenvalue weighted by Gasteiger charge is -2.45. The Hall–Kier alpha value is -1.49. The predicted octanol–water partition coefficient (Wildman–Crippen LogP) is 4.68. The van der Waals surface area contributed by atoms with Crippen LogP contribution >= 0.6 is 12.4 Å². The molecule has 1 aromatic carbocycles. The maximum Gasteiger partial charge on any atom is 0.317 e. The second-order valence-corrected chi connectivity index (χ2v) is 6.99. The van der Waals surface area contributed by atoms with E-state index < -0.39 is 0 Å². The topological polar surface area (TPSA) is 35.6 Å². The van der Waals surface area contributed by atoms with Crippen LogP contribution in [0.1, 0.15) is 46.5 Å². The Bertz CT molecular complexity index is 540. The third-order valence-corrected chi connectivity index (χ3v) is 5.11. The standard InChI is InChI=1S/C20H32FN3O.ClH/c1-4-6-7-8-16(3)19-15-23(20(25)22-5-2)13-14-24(19)18-11-9-17(21)10-12-18;/h9-12,16,19H,4-8,13-15H2,1-3H3,(H,22,25);1H. The molecule has 0 bridgehead atoms. The summed E-state index contributed by atoms with van der Waals surface area (Å²) in [5.74, 6) is 0.270. The lowest BCUT2D eigenvalue weighted by molar-refractivity contribution is 0.174. The van der Waals surface area contributed by atoms with Gasteiger partial charge in [-0.1, -0.05) is 33.1 Å². The summed E-state index contributed by atoms with van der Waals surface area (Å²) in [5, 5.41) is 2.91. The number of nitrogens with zero attached hydrogens (tertiary/aromatic N) is 2. The number of unbranched alkanes of at least 4 members (excludes halogenated alkanes) is 2. The lowest BCUT2D eigenvalue weighted by atomic mass is 9.91. The minimum absolute atomic E-state index is 0. The van der Waals surface area contributed by atoms with Crippen LogP contribution in [0.2, 0.25) is 0 Å². The lowest BCUT2D eigenvalue weighted by Crippen LogP contribution is -2.58. The Morgan fingerprint density at radius 3 is 2.54 bits per heavy atom. The number of anilines is 1. The zero-order valence-corrected chi connectivity index (χ0v) is 17.0. The highest BCUT2D eigenvalue weighted by Gasteiger charge is 2.32. The number of urea groups is 1. The molecule has 1 aliphatic heterocycles. The summed E-state index contributed by atoms with van der Waals surface area (Å²) < 4.78 is 13.3. The molecular formula is C20H33ClFN3O. The number of carbonyl (C=O) groups excluding carboxylic acids is 1. The molecule has 6 heteroatoms. The number of piperazine rings is 1. The molecule has 0 radical (unpaired) electrons. The number of carbonyl (C=O) groups is 1. The molecule has 1 aliphatic rings. The van der Waals surface area contributed by atoms with Crippen LogP contribution in [-0.2, 0) is 0 Å². The molecule has 0 aliphatic carbocycles. The quantitative estimate of drug-likeness (QED) is 0.691. The Kier molecular flexibility index (Phi) is 9.78. The van der Waals surface area contributed by atoms with Gasteiger partial charge in [0.1, 0.15) is 5.82 Å². The molecule has 148 valence electrons. The molecule has 2 atom stereocenters. The average molecular weight is 386 g/mol. The Balaban J connectivity index is 0.00000338. The van der Waals surface area contributed by atoms with Gasteiger partial charge in [0, 0.05) is 37.9 Å². The van der Waals surface area contributed by atoms with Gasteiger partial charge in [-0.3, -0.25) is 0 Å². The first-order valence-electron chi connectivity index (χ1n) is 9.61. The maximum absolute atomic E-state index is 13.3. The van der Waals surface area contributed by atoms with E-state index in [1.807, 2.05) is 24.0 Å². The van der Waals surface area contributed by atoms with Crippen molar-refractivity contribution in [2.24, 2.45) is 5.92 Å². The van der Waals surface area contributed by atoms with Crippen molar-refractivity contribution in [2.75, 3.05) is 31.1 Å². The van der Waals surface area contributed by atoms with Crippen molar-refractivity contribution >= 4 is 24.1 Å². The van der Waals surface area contributed by atoms with Gasteiger partial charge in [-0.05, 0) is 43.5 Å². The van der Waals surface area contributed by atoms with Crippen molar-refractivity contribution in [3.63, 3.8) is 0 Å². The molecule has 1 N–H and O–H groups in total. The van der Waals surface area contributed by atoms with Crippen molar-refractivity contribution in [1.82, 2.24) is 10.2 Å². The van der Waals surface area contributed by atoms with Crippen molar-refractivity contribution in [2.45, 2.75) is 52.5 Å². The van der Waals surface area contributed by atoms with Gasteiger partial charge >= 0.3 is 6.03 Å². The van der Waals surface area contributed by atoms with Gasteiger partial charge in [0.05, 0.1) is 0 Å². The van der Waals surface area contributed by atoms with E-state index in [0.29, 0.717) is 19.0 Å². The van der Waals surface area contributed by atoms with Gasteiger partial charge in [-0.2, -0.15) is 0 Å². The number of benzene rings is 1. The minimum atomic E-state index is -0.211. The van der Waals surface area contributed by atoms with Gasteiger partial charge in [0.2, 0.25) is 0 Å². The summed E-state index contributed by atoms with van der Waals surface area (Å²) in [6, 6.07) is 7.02. The Morgan fingerprint density at radius 1 is 1.23 bits per heavy atom. The Labute approximate surface area is 163 Å². The second kappa shape index (κ2) is 11.3. The van der Waals surface area contributed by atoms with E-state index in [2.05, 4.69) is 24.1 Å². The number of nitrogens with one attached hydrogen (secondary N) is 1. The van der Waals surface area contributed by atoms with E-state index >= 15 is 0 Å². The smallest absolute Gasteiger partial charge is 0.317 e. The molecule has 1 fully saturated rings. The van der Waals surface area contributed by atoms with Crippen molar-refractivity contribution in [3.05, 3.63) is 30.1 Å². The number of hydrogen-bond acceptors (Lipinski definition) is 2. The van der Waals surface area contributed by atoms with E-state index in [1.54, 1.807) is 0 Å². The van der Waals surface area contributed by atoms with Crippen LogP contribution in [0, 0.1) is 11.7 Å². The average Bonchev–Trinajstić information content (AvgIpc) is 2.62. The highest BCUT2D eigenvalue weighted by molar-refractivity contribution is 5.85. The van der Waals surface area contributed by atoms with Crippen LogP contribution in [0.5, 0.6) is 0 Å². The van der Waals surface area contributed by atoms with Gasteiger partial charge in [-0.15, -0.1) is 12.4 Å². The SMILES string of the molecule is CCCCCC(C)C1CN(C(=O)NCC)CCN1c1ccc(F)cc1.Cl. The van der Waals surface area contributed by atoms with E-state index in [9.17, 15) is 9.18 Å². The van der Waals surface area contributed by atoms with Crippen LogP contribution in [0.15, 0.2) is 24.3 Å². The van der Waals surface area contributed by atoms with Crippen LogP contribution < -0.4 is 10.2 Å². The zero-order chi connectivity index (χ0) is 18.2. The molecule has 0 aromatic heterocycles. The summed E-state index contributed by atoms with van der Waals surface area (Å²) in [5.41, 5.74) is 1.05. The highest BCUT2D eigenvalue weighted by Crippen LogP contribution is 2.27. The fourth-order valence-corrected chi connectivity index (χ4v) is 3.61. The number of halogens is 2. The number of hydrogen-bond donors (Lipinski definition) is 1. The normalized spacial score (nSPS) is 18.2. The third-order valence-electron chi connectivity index (χ3n) is 5.11. The van der Waals surface area contributed by atoms with Crippen molar-refractivity contribution in [1.29, 1.82) is 0 Å². The van der Waals surface area contributed by atoms with Gasteiger partial charge < -0.3 is 15.1 Å². The summed E-state index contributed by atoms with van der Waals surface area (Å²) in [7, 11) is 0. The molecule has 26 heavy (non-hydrogen) atoms. The predicted molar refractivity (Wildman–Crippen MR) is 109 cm³/mol. The van der Waals surface area contributed by atoms with E-state index in [0.717, 1.165) is 25.2 Å². The zero-order valence-electron chi connectivity index (χ0n) is 16.2. The molecule has 0 saturated carbocycles. The van der Waals surface area contributed by atoms with Crippen LogP contribution in [-0.4, -0.2) is 43.2 Å². The molecule has 0 spiro atoms. The number of rotatable bonds is 7. The molecule has 1 heterocycles. The fourth-order valence-electron chi connectivity index (χ4n) is 3.61. The minimum Gasteiger partial charge on any atom is -0.365 e. The summed E-state index contributed by atoms with van der Waals surface area (Å²) in [4.78, 5) is 16.5. The molecular weight excluding hydrogens is 353 g/mol. The van der Waals surface area contributed by atoms with Crippen LogP contribution in [0.3, 0.4) is 0 Å². The van der Waals surface area contributed by atoms with E-state index in [-0.39, 0.29) is 30.3 Å². The third kappa shape index (κ3) is 6.04. The molecule has 1 saturated heterocycles. The summed E-state index contributed by atoms with van der Waals surface area (Å²) in [6.07, 6.45) is 4.82. The summed E-state index contributed by atoms with van der Waals surface area (Å²) >= 11 is 0. The molecule has 2 amide bonds. The van der Waals surface area contributed by atoms with Gasteiger partial charge in [0.25, 0.3) is 0 Å². The second-order valence-electron chi connectivity index (χ2n) is 6.99. The molecule has 2 rings (SSSR count). The van der Waals surface area contributed by atoms with Gasteiger partial charge in [-0.25, -0.2) is 9.18 Å². The first kappa shape index (κ1) is 22.6. The van der Waals surface area contributed by atoms with E-state index in [4.69, 9.17) is 0 Å². The largest absolute Gasteiger partial charge is 0.365 e. The maximum atomic E-state index is 13.3. The van der Waals surface area contributed by atoms with Crippen LogP contribution in [0.4, 0.5) is 14.9 Å². The molecule has 4 nitrogen and oxygen atoms in total. The van der Waals surface area contributed by atoms with Crippen LogP contribution in [0.25, 0.3) is 0 Å². The molecule has 1 aromatic rings. The molecule has 2 unspecified atom stereocenters. The number of amides is 2.